The largest absolute Gasteiger partial charge is 0.573 e. The highest BCUT2D eigenvalue weighted by Gasteiger charge is 2.33. The average molecular weight is 339 g/mol. The van der Waals surface area contributed by atoms with Crippen molar-refractivity contribution in [3.8, 4) is 5.75 Å². The van der Waals surface area contributed by atoms with Crippen molar-refractivity contribution in [2.45, 2.75) is 32.2 Å². The third kappa shape index (κ3) is 3.37. The molecule has 1 aromatic carbocycles. The van der Waals surface area contributed by atoms with Gasteiger partial charge in [0.2, 0.25) is 0 Å². The van der Waals surface area contributed by atoms with E-state index >= 15 is 0 Å². The van der Waals surface area contributed by atoms with E-state index in [9.17, 15) is 18.0 Å². The fourth-order valence-corrected chi connectivity index (χ4v) is 2.93. The van der Waals surface area contributed by atoms with E-state index in [0.29, 0.717) is 0 Å². The Labute approximate surface area is 136 Å². The van der Waals surface area contributed by atoms with Crippen molar-refractivity contribution < 1.29 is 22.7 Å². The Kier molecular flexibility index (Phi) is 4.21. The molecule has 0 radical (unpaired) electrons. The molecule has 1 heterocycles. The Morgan fingerprint density at radius 1 is 1.33 bits per heavy atom. The van der Waals surface area contributed by atoms with Gasteiger partial charge in [-0.3, -0.25) is 9.48 Å². The minimum atomic E-state index is -4.85. The number of halogens is 3. The number of nitrogens with zero attached hydrogens (tertiary/aromatic N) is 2. The summed E-state index contributed by atoms with van der Waals surface area (Å²) in [5.74, 6) is -1.14. The standard InChI is InChI=1S/C16H16F3N3O2/c1-22-13(10-6-4-7-12(10)21-22)9-20-15(23)11-5-2-3-8-14(11)24-16(17,18)19/h2-3,5,8H,4,6-7,9H2,1H3,(H,20,23). The van der Waals surface area contributed by atoms with Gasteiger partial charge >= 0.3 is 6.36 Å². The van der Waals surface area contributed by atoms with Crippen molar-refractivity contribution in [2.75, 3.05) is 0 Å². The average Bonchev–Trinajstić information content (AvgIpc) is 3.04. The number of nitrogens with one attached hydrogen (secondary N) is 1. The predicted molar refractivity (Wildman–Crippen MR) is 79.5 cm³/mol. The second kappa shape index (κ2) is 6.18. The van der Waals surface area contributed by atoms with Gasteiger partial charge in [-0.2, -0.15) is 5.10 Å². The summed E-state index contributed by atoms with van der Waals surface area (Å²) < 4.78 is 42.9. The lowest BCUT2D eigenvalue weighted by Gasteiger charge is -2.13. The van der Waals surface area contributed by atoms with Crippen molar-refractivity contribution >= 4 is 5.91 Å². The molecule has 0 spiro atoms. The molecule has 1 aromatic heterocycles. The number of amides is 1. The molecule has 0 fully saturated rings. The number of carbonyl (C=O) groups excluding carboxylic acids is 1. The van der Waals surface area contributed by atoms with E-state index in [1.54, 1.807) is 11.7 Å². The number of benzene rings is 1. The molecule has 1 aliphatic rings. The summed E-state index contributed by atoms with van der Waals surface area (Å²) in [5.41, 5.74) is 2.87. The second-order valence-electron chi connectivity index (χ2n) is 5.58. The van der Waals surface area contributed by atoms with E-state index in [-0.39, 0.29) is 12.1 Å². The minimum Gasteiger partial charge on any atom is -0.405 e. The first-order chi connectivity index (χ1) is 11.3. The monoisotopic (exact) mass is 339 g/mol. The number of rotatable bonds is 4. The number of para-hydroxylation sites is 1. The van der Waals surface area contributed by atoms with Gasteiger partial charge in [0.05, 0.1) is 23.5 Å². The van der Waals surface area contributed by atoms with Crippen LogP contribution in [0.25, 0.3) is 0 Å². The van der Waals surface area contributed by atoms with Gasteiger partial charge in [-0.15, -0.1) is 13.2 Å². The molecule has 0 bridgehead atoms. The van der Waals surface area contributed by atoms with Crippen molar-refractivity contribution in [2.24, 2.45) is 7.05 Å². The SMILES string of the molecule is Cn1nc2c(c1CNC(=O)c1ccccc1OC(F)(F)F)CCC2. The quantitative estimate of drug-likeness (QED) is 0.932. The van der Waals surface area contributed by atoms with Crippen molar-refractivity contribution in [3.05, 3.63) is 46.8 Å². The Balaban J connectivity index is 1.75. The lowest BCUT2D eigenvalue weighted by Crippen LogP contribution is -2.26. The number of hydrogen-bond acceptors (Lipinski definition) is 3. The van der Waals surface area contributed by atoms with Crippen LogP contribution < -0.4 is 10.1 Å². The van der Waals surface area contributed by atoms with Gasteiger partial charge in [-0.05, 0) is 37.0 Å². The Bertz CT molecular complexity index is 768. The number of ether oxygens (including phenoxy) is 1. The molecule has 3 rings (SSSR count). The molecule has 0 saturated heterocycles. The summed E-state index contributed by atoms with van der Waals surface area (Å²) in [6.07, 6.45) is -2.00. The summed E-state index contributed by atoms with van der Waals surface area (Å²) in [5, 5.41) is 7.05. The molecule has 1 aliphatic carbocycles. The lowest BCUT2D eigenvalue weighted by atomic mass is 10.1. The number of fused-ring (bicyclic) bond motifs is 1. The van der Waals surface area contributed by atoms with E-state index in [2.05, 4.69) is 15.2 Å². The first kappa shape index (κ1) is 16.4. The zero-order valence-corrected chi connectivity index (χ0v) is 13.0. The molecule has 0 atom stereocenters. The number of aryl methyl sites for hydroxylation is 2. The van der Waals surface area contributed by atoms with Crippen LogP contribution in [-0.4, -0.2) is 22.1 Å². The lowest BCUT2D eigenvalue weighted by molar-refractivity contribution is -0.274. The first-order valence-electron chi connectivity index (χ1n) is 7.52. The molecule has 8 heteroatoms. The number of hydrogen-bond donors (Lipinski definition) is 1. The van der Waals surface area contributed by atoms with Gasteiger partial charge in [-0.25, -0.2) is 0 Å². The molecular formula is C16H16F3N3O2. The van der Waals surface area contributed by atoms with Crippen molar-refractivity contribution in [3.63, 3.8) is 0 Å². The predicted octanol–water partition coefficient (Wildman–Crippen LogP) is 2.74. The summed E-state index contributed by atoms with van der Waals surface area (Å²) >= 11 is 0. The molecular weight excluding hydrogens is 323 g/mol. The maximum Gasteiger partial charge on any atom is 0.573 e. The van der Waals surface area contributed by atoms with Gasteiger partial charge in [0.15, 0.2) is 0 Å². The number of alkyl halides is 3. The highest BCUT2D eigenvalue weighted by molar-refractivity contribution is 5.96. The zero-order chi connectivity index (χ0) is 17.3. The topological polar surface area (TPSA) is 56.2 Å². The van der Waals surface area contributed by atoms with E-state index in [1.165, 1.54) is 18.2 Å². The molecule has 0 saturated carbocycles. The molecule has 128 valence electrons. The Morgan fingerprint density at radius 3 is 2.83 bits per heavy atom. The highest BCUT2D eigenvalue weighted by atomic mass is 19.4. The van der Waals surface area contributed by atoms with Crippen LogP contribution in [0.3, 0.4) is 0 Å². The minimum absolute atomic E-state index is 0.159. The summed E-state index contributed by atoms with van der Waals surface area (Å²) in [7, 11) is 1.79. The van der Waals surface area contributed by atoms with Gasteiger partial charge in [0, 0.05) is 7.05 Å². The van der Waals surface area contributed by atoms with Gasteiger partial charge < -0.3 is 10.1 Å². The van der Waals surface area contributed by atoms with Gasteiger partial charge in [0.25, 0.3) is 5.91 Å². The second-order valence-corrected chi connectivity index (χ2v) is 5.58. The maximum atomic E-state index is 12.4. The molecule has 2 aromatic rings. The highest BCUT2D eigenvalue weighted by Crippen LogP contribution is 2.27. The van der Waals surface area contributed by atoms with Crippen LogP contribution in [0, 0.1) is 0 Å². The van der Waals surface area contributed by atoms with Crippen LogP contribution in [0.5, 0.6) is 5.75 Å². The van der Waals surface area contributed by atoms with Crippen molar-refractivity contribution in [1.29, 1.82) is 0 Å². The fourth-order valence-electron chi connectivity index (χ4n) is 2.93. The van der Waals surface area contributed by atoms with Gasteiger partial charge in [0.1, 0.15) is 5.75 Å². The van der Waals surface area contributed by atoms with Crippen LogP contribution in [0.4, 0.5) is 13.2 Å². The molecule has 1 amide bonds. The normalized spacial score (nSPS) is 13.7. The summed E-state index contributed by atoms with van der Waals surface area (Å²) in [4.78, 5) is 12.3. The van der Waals surface area contributed by atoms with Gasteiger partial charge in [-0.1, -0.05) is 12.1 Å². The molecule has 0 aliphatic heterocycles. The Hall–Kier alpha value is -2.51. The first-order valence-corrected chi connectivity index (χ1v) is 7.52. The molecule has 5 nitrogen and oxygen atoms in total. The van der Waals surface area contributed by atoms with Crippen LogP contribution in [-0.2, 0) is 26.4 Å². The van der Waals surface area contributed by atoms with Crippen LogP contribution >= 0.6 is 0 Å². The third-order valence-corrected chi connectivity index (χ3v) is 3.97. The molecule has 0 unspecified atom stereocenters. The van der Waals surface area contributed by atoms with E-state index in [4.69, 9.17) is 0 Å². The maximum absolute atomic E-state index is 12.4. The number of aromatic nitrogens is 2. The smallest absolute Gasteiger partial charge is 0.405 e. The summed E-state index contributed by atoms with van der Waals surface area (Å²) in [6, 6.07) is 5.28. The van der Waals surface area contributed by atoms with E-state index < -0.39 is 18.0 Å². The fraction of sp³-hybridized carbons (Fsp3) is 0.375. The Morgan fingerprint density at radius 2 is 2.08 bits per heavy atom. The van der Waals surface area contributed by atoms with E-state index in [1.807, 2.05) is 0 Å². The summed E-state index contributed by atoms with van der Waals surface area (Å²) in [6.45, 7) is 0.206. The van der Waals surface area contributed by atoms with Crippen LogP contribution in [0.15, 0.2) is 24.3 Å². The van der Waals surface area contributed by atoms with Crippen molar-refractivity contribution in [1.82, 2.24) is 15.1 Å². The molecule has 1 N–H and O–H groups in total. The zero-order valence-electron chi connectivity index (χ0n) is 13.0. The van der Waals surface area contributed by atoms with E-state index in [0.717, 1.165) is 42.3 Å². The number of carbonyl (C=O) groups is 1. The third-order valence-electron chi connectivity index (χ3n) is 3.97. The molecule has 24 heavy (non-hydrogen) atoms. The van der Waals surface area contributed by atoms with Crippen LogP contribution in [0.2, 0.25) is 0 Å². The van der Waals surface area contributed by atoms with Crippen LogP contribution in [0.1, 0.15) is 33.7 Å².